The molecule has 2 heterocycles. The van der Waals surface area contributed by atoms with Crippen LogP contribution >= 0.6 is 0 Å². The maximum Gasteiger partial charge on any atom is 0.254 e. The van der Waals surface area contributed by atoms with Crippen molar-refractivity contribution in [3.8, 4) is 5.69 Å². The van der Waals surface area contributed by atoms with E-state index in [2.05, 4.69) is 4.98 Å². The van der Waals surface area contributed by atoms with Crippen LogP contribution in [0.25, 0.3) is 16.7 Å². The summed E-state index contributed by atoms with van der Waals surface area (Å²) >= 11 is 0. The molecule has 1 amide bonds. The van der Waals surface area contributed by atoms with Crippen molar-refractivity contribution in [2.45, 2.75) is 25.3 Å². The van der Waals surface area contributed by atoms with E-state index >= 15 is 0 Å². The number of hydrogen-bond acceptors (Lipinski definition) is 3. The summed E-state index contributed by atoms with van der Waals surface area (Å²) in [5, 5.41) is 0. The van der Waals surface area contributed by atoms with Crippen molar-refractivity contribution in [1.29, 1.82) is 0 Å². The largest absolute Gasteiger partial charge is 0.334 e. The number of rotatable bonds is 3. The van der Waals surface area contributed by atoms with Crippen LogP contribution in [0.5, 0.6) is 0 Å². The van der Waals surface area contributed by atoms with Crippen LogP contribution in [-0.4, -0.2) is 39.5 Å². The highest BCUT2D eigenvalue weighted by Gasteiger charge is 2.26. The fraction of sp³-hybridized carbons (Fsp3) is 0.300. The summed E-state index contributed by atoms with van der Waals surface area (Å²) in [7, 11) is 0. The van der Waals surface area contributed by atoms with Crippen LogP contribution < -0.4 is 5.73 Å². The van der Waals surface area contributed by atoms with E-state index in [9.17, 15) is 4.79 Å². The Morgan fingerprint density at radius 2 is 1.92 bits per heavy atom. The second kappa shape index (κ2) is 6.69. The zero-order chi connectivity index (χ0) is 17.2. The highest BCUT2D eigenvalue weighted by molar-refractivity contribution is 5.94. The van der Waals surface area contributed by atoms with Crippen LogP contribution in [0, 0.1) is 0 Å². The SMILES string of the molecule is NCC1CCCCN1C(=O)c1ccc(-n2cnc3ccccc32)cc1. The lowest BCUT2D eigenvalue weighted by atomic mass is 10.0. The predicted octanol–water partition coefficient (Wildman–Crippen LogP) is 2.98. The second-order valence-electron chi connectivity index (χ2n) is 6.53. The van der Waals surface area contributed by atoms with Gasteiger partial charge in [0.15, 0.2) is 0 Å². The molecule has 0 aliphatic carbocycles. The second-order valence-corrected chi connectivity index (χ2v) is 6.53. The molecule has 0 saturated carbocycles. The van der Waals surface area contributed by atoms with Gasteiger partial charge < -0.3 is 10.6 Å². The molecule has 0 bridgehead atoms. The molecule has 0 radical (unpaired) electrons. The minimum absolute atomic E-state index is 0.0807. The highest BCUT2D eigenvalue weighted by Crippen LogP contribution is 2.21. The molecule has 2 aromatic carbocycles. The molecule has 5 heteroatoms. The lowest BCUT2D eigenvalue weighted by Crippen LogP contribution is -2.47. The Morgan fingerprint density at radius 3 is 2.72 bits per heavy atom. The molecular weight excluding hydrogens is 312 g/mol. The van der Waals surface area contributed by atoms with Crippen molar-refractivity contribution in [3.05, 3.63) is 60.4 Å². The quantitative estimate of drug-likeness (QED) is 0.801. The third-order valence-corrected chi connectivity index (χ3v) is 5.01. The molecule has 128 valence electrons. The van der Waals surface area contributed by atoms with Gasteiger partial charge in [-0.05, 0) is 55.7 Å². The monoisotopic (exact) mass is 334 g/mol. The summed E-state index contributed by atoms with van der Waals surface area (Å²) in [6.45, 7) is 1.33. The molecular formula is C20H22N4O. The van der Waals surface area contributed by atoms with Crippen LogP contribution in [0.2, 0.25) is 0 Å². The van der Waals surface area contributed by atoms with Gasteiger partial charge in [0.25, 0.3) is 5.91 Å². The molecule has 1 atom stereocenters. The van der Waals surface area contributed by atoms with E-state index in [-0.39, 0.29) is 11.9 Å². The van der Waals surface area contributed by atoms with Gasteiger partial charge in [0.1, 0.15) is 6.33 Å². The van der Waals surface area contributed by atoms with Gasteiger partial charge >= 0.3 is 0 Å². The standard InChI is InChI=1S/C20H22N4O/c21-13-17-5-3-4-12-23(17)20(25)15-8-10-16(11-9-15)24-14-22-18-6-1-2-7-19(18)24/h1-2,6-11,14,17H,3-5,12-13,21H2. The third-order valence-electron chi connectivity index (χ3n) is 5.01. The third kappa shape index (κ3) is 2.91. The van der Waals surface area contributed by atoms with Crippen LogP contribution in [0.3, 0.4) is 0 Å². The molecule has 1 fully saturated rings. The average molecular weight is 334 g/mol. The summed E-state index contributed by atoms with van der Waals surface area (Å²) in [4.78, 5) is 19.2. The van der Waals surface area contributed by atoms with E-state index < -0.39 is 0 Å². The predicted molar refractivity (Wildman–Crippen MR) is 98.8 cm³/mol. The van der Waals surface area contributed by atoms with Crippen molar-refractivity contribution >= 4 is 16.9 Å². The molecule has 25 heavy (non-hydrogen) atoms. The van der Waals surface area contributed by atoms with E-state index in [1.165, 1.54) is 0 Å². The fourth-order valence-electron chi connectivity index (χ4n) is 3.61. The summed E-state index contributed by atoms with van der Waals surface area (Å²) in [5.41, 5.74) is 9.58. The average Bonchev–Trinajstić information content (AvgIpc) is 3.11. The van der Waals surface area contributed by atoms with Gasteiger partial charge in [-0.1, -0.05) is 12.1 Å². The molecule has 1 aromatic heterocycles. The topological polar surface area (TPSA) is 64.2 Å². The number of amides is 1. The Kier molecular flexibility index (Phi) is 4.24. The van der Waals surface area contributed by atoms with Gasteiger partial charge in [-0.15, -0.1) is 0 Å². The number of hydrogen-bond donors (Lipinski definition) is 1. The number of benzene rings is 2. The van der Waals surface area contributed by atoms with Gasteiger partial charge in [0.2, 0.25) is 0 Å². The number of para-hydroxylation sites is 2. The number of nitrogens with zero attached hydrogens (tertiary/aromatic N) is 3. The zero-order valence-corrected chi connectivity index (χ0v) is 14.1. The van der Waals surface area contributed by atoms with Crippen molar-refractivity contribution in [3.63, 3.8) is 0 Å². The van der Waals surface area contributed by atoms with Crippen molar-refractivity contribution in [2.24, 2.45) is 5.73 Å². The van der Waals surface area contributed by atoms with E-state index in [0.717, 1.165) is 42.5 Å². The van der Waals surface area contributed by atoms with E-state index in [0.29, 0.717) is 12.1 Å². The van der Waals surface area contributed by atoms with Gasteiger partial charge in [0, 0.05) is 30.4 Å². The maximum atomic E-state index is 12.8. The Morgan fingerprint density at radius 1 is 1.12 bits per heavy atom. The smallest absolute Gasteiger partial charge is 0.254 e. The lowest BCUT2D eigenvalue weighted by molar-refractivity contribution is 0.0623. The molecule has 1 aliphatic rings. The fourth-order valence-corrected chi connectivity index (χ4v) is 3.61. The van der Waals surface area contributed by atoms with Gasteiger partial charge in [-0.3, -0.25) is 9.36 Å². The number of aromatic nitrogens is 2. The highest BCUT2D eigenvalue weighted by atomic mass is 16.2. The number of carbonyl (C=O) groups is 1. The zero-order valence-electron chi connectivity index (χ0n) is 14.1. The van der Waals surface area contributed by atoms with Crippen LogP contribution in [0.1, 0.15) is 29.6 Å². The Hall–Kier alpha value is -2.66. The molecule has 1 aliphatic heterocycles. The first-order chi connectivity index (χ1) is 12.3. The summed E-state index contributed by atoms with van der Waals surface area (Å²) in [5.74, 6) is 0.0807. The molecule has 1 unspecified atom stereocenters. The molecule has 3 aromatic rings. The number of nitrogens with two attached hydrogens (primary N) is 1. The Balaban J connectivity index is 1.60. The first-order valence-corrected chi connectivity index (χ1v) is 8.81. The molecule has 5 nitrogen and oxygen atoms in total. The summed E-state index contributed by atoms with van der Waals surface area (Å²) in [6.07, 6.45) is 5.03. The first-order valence-electron chi connectivity index (χ1n) is 8.81. The van der Waals surface area contributed by atoms with Crippen LogP contribution in [0.4, 0.5) is 0 Å². The van der Waals surface area contributed by atoms with Gasteiger partial charge in [0.05, 0.1) is 11.0 Å². The summed E-state index contributed by atoms with van der Waals surface area (Å²) < 4.78 is 2.03. The summed E-state index contributed by atoms with van der Waals surface area (Å²) in [6, 6.07) is 15.9. The maximum absolute atomic E-state index is 12.8. The Labute approximate surface area is 147 Å². The lowest BCUT2D eigenvalue weighted by Gasteiger charge is -2.35. The number of likely N-dealkylation sites (tertiary alicyclic amines) is 1. The van der Waals surface area contributed by atoms with Crippen molar-refractivity contribution in [2.75, 3.05) is 13.1 Å². The minimum Gasteiger partial charge on any atom is -0.334 e. The number of carbonyl (C=O) groups excluding carboxylic acids is 1. The van der Waals surface area contributed by atoms with Crippen molar-refractivity contribution < 1.29 is 4.79 Å². The van der Waals surface area contributed by atoms with Crippen LogP contribution in [0.15, 0.2) is 54.9 Å². The minimum atomic E-state index is 0.0807. The Bertz CT molecular complexity index is 884. The molecule has 0 spiro atoms. The number of imidazole rings is 1. The molecule has 1 saturated heterocycles. The van der Waals surface area contributed by atoms with Gasteiger partial charge in [-0.2, -0.15) is 0 Å². The molecule has 4 rings (SSSR count). The van der Waals surface area contributed by atoms with E-state index in [1.54, 1.807) is 0 Å². The number of piperidine rings is 1. The van der Waals surface area contributed by atoms with E-state index in [1.807, 2.05) is 64.3 Å². The van der Waals surface area contributed by atoms with Crippen LogP contribution in [-0.2, 0) is 0 Å². The normalized spacial score (nSPS) is 17.8. The number of fused-ring (bicyclic) bond motifs is 1. The first kappa shape index (κ1) is 15.8. The van der Waals surface area contributed by atoms with Gasteiger partial charge in [-0.25, -0.2) is 4.98 Å². The van der Waals surface area contributed by atoms with Crippen molar-refractivity contribution in [1.82, 2.24) is 14.5 Å². The molecule has 2 N–H and O–H groups in total. The van der Waals surface area contributed by atoms with E-state index in [4.69, 9.17) is 5.73 Å².